The topological polar surface area (TPSA) is 80.1 Å². The molecule has 0 spiro atoms. The summed E-state index contributed by atoms with van der Waals surface area (Å²) in [6.07, 6.45) is 0. The van der Waals surface area contributed by atoms with E-state index in [0.717, 1.165) is 22.4 Å². The van der Waals surface area contributed by atoms with Crippen LogP contribution in [0.3, 0.4) is 0 Å². The summed E-state index contributed by atoms with van der Waals surface area (Å²) in [4.78, 5) is 27.3. The summed E-state index contributed by atoms with van der Waals surface area (Å²) >= 11 is 1.33. The second-order valence-corrected chi connectivity index (χ2v) is 9.90. The first-order valence-corrected chi connectivity index (χ1v) is 12.2. The maximum absolute atomic E-state index is 13.5. The molecule has 0 saturated heterocycles. The van der Waals surface area contributed by atoms with Crippen molar-refractivity contribution < 1.29 is 9.59 Å². The number of benzene rings is 3. The molecule has 0 bridgehead atoms. The van der Waals surface area contributed by atoms with Crippen LogP contribution >= 0.6 is 11.8 Å². The smallest absolute Gasteiger partial charge is 0.244 e. The maximum Gasteiger partial charge on any atom is 0.244 e. The van der Waals surface area contributed by atoms with E-state index in [1.807, 2.05) is 92.1 Å². The van der Waals surface area contributed by atoms with Gasteiger partial charge in [0.15, 0.2) is 11.0 Å². The zero-order valence-electron chi connectivity index (χ0n) is 19.7. The number of para-hydroxylation sites is 2. The lowest BCUT2D eigenvalue weighted by Gasteiger charge is -2.30. The molecule has 1 unspecified atom stereocenters. The Hall–Kier alpha value is -3.91. The van der Waals surface area contributed by atoms with Gasteiger partial charge in [0, 0.05) is 11.3 Å². The number of nitrogens with one attached hydrogen (secondary N) is 1. The van der Waals surface area contributed by atoms with E-state index in [4.69, 9.17) is 0 Å². The Balaban J connectivity index is 1.49. The molecule has 4 aromatic rings. The Bertz CT molecular complexity index is 1400. The number of thioether (sulfide) groups is 1. The average Bonchev–Trinajstić information content (AvgIpc) is 3.27. The van der Waals surface area contributed by atoms with Gasteiger partial charge in [-0.1, -0.05) is 71.4 Å². The SMILES string of the molecule is Cc1ccc(-c2nnc(SC(C)C(=O)N3CC(=O)Nc4ccccc43)n2-c2ccc(C)cc2)cc1. The Morgan fingerprint density at radius 1 is 0.943 bits per heavy atom. The van der Waals surface area contributed by atoms with Gasteiger partial charge in [-0.3, -0.25) is 19.1 Å². The van der Waals surface area contributed by atoms with Crippen molar-refractivity contribution in [2.24, 2.45) is 0 Å². The first-order valence-electron chi connectivity index (χ1n) is 11.4. The standard InChI is InChI=1S/C27H25N5O2S/c1-17-8-12-20(13-9-17)25-29-30-27(32(25)21-14-10-18(2)11-15-21)35-19(3)26(34)31-16-24(33)28-22-6-4-5-7-23(22)31/h4-15,19H,16H2,1-3H3,(H,28,33). The Morgan fingerprint density at radius 3 is 2.31 bits per heavy atom. The second-order valence-electron chi connectivity index (χ2n) is 8.59. The number of aryl methyl sites for hydroxylation is 2. The number of anilines is 2. The number of carbonyl (C=O) groups is 2. The molecule has 7 nitrogen and oxygen atoms in total. The van der Waals surface area contributed by atoms with Crippen molar-refractivity contribution in [3.63, 3.8) is 0 Å². The van der Waals surface area contributed by atoms with Crippen molar-refractivity contribution in [2.45, 2.75) is 31.2 Å². The average molecular weight is 484 g/mol. The molecule has 1 aliphatic heterocycles. The summed E-state index contributed by atoms with van der Waals surface area (Å²) in [6, 6.07) is 23.6. The molecule has 8 heteroatoms. The summed E-state index contributed by atoms with van der Waals surface area (Å²) in [7, 11) is 0. The molecule has 1 aliphatic rings. The molecule has 1 aromatic heterocycles. The monoisotopic (exact) mass is 483 g/mol. The van der Waals surface area contributed by atoms with E-state index >= 15 is 0 Å². The first kappa shape index (κ1) is 22.9. The minimum Gasteiger partial charge on any atom is -0.323 e. The summed E-state index contributed by atoms with van der Waals surface area (Å²) in [5.41, 5.74) is 5.51. The fourth-order valence-corrected chi connectivity index (χ4v) is 4.95. The van der Waals surface area contributed by atoms with Gasteiger partial charge in [-0.25, -0.2) is 0 Å². The van der Waals surface area contributed by atoms with Crippen molar-refractivity contribution in [3.8, 4) is 17.1 Å². The van der Waals surface area contributed by atoms with Crippen molar-refractivity contribution in [2.75, 3.05) is 16.8 Å². The lowest BCUT2D eigenvalue weighted by molar-refractivity contribution is -0.121. The van der Waals surface area contributed by atoms with E-state index in [0.29, 0.717) is 22.4 Å². The van der Waals surface area contributed by atoms with Gasteiger partial charge in [0.2, 0.25) is 11.8 Å². The normalized spacial score (nSPS) is 13.8. The van der Waals surface area contributed by atoms with E-state index in [2.05, 4.69) is 15.5 Å². The van der Waals surface area contributed by atoms with Gasteiger partial charge < -0.3 is 5.32 Å². The number of amides is 2. The van der Waals surface area contributed by atoms with Crippen LogP contribution in [-0.4, -0.2) is 38.4 Å². The second kappa shape index (κ2) is 9.38. The third-order valence-corrected chi connectivity index (χ3v) is 6.93. The van der Waals surface area contributed by atoms with Crippen LogP contribution in [0, 0.1) is 13.8 Å². The van der Waals surface area contributed by atoms with Crippen LogP contribution in [0.15, 0.2) is 78.0 Å². The molecular weight excluding hydrogens is 458 g/mol. The maximum atomic E-state index is 13.5. The fraction of sp³-hybridized carbons (Fsp3) is 0.185. The third-order valence-electron chi connectivity index (χ3n) is 5.90. The fourth-order valence-electron chi connectivity index (χ4n) is 4.02. The zero-order chi connectivity index (χ0) is 24.5. The highest BCUT2D eigenvalue weighted by Gasteiger charge is 2.31. The van der Waals surface area contributed by atoms with Gasteiger partial charge >= 0.3 is 0 Å². The number of rotatable bonds is 5. The number of fused-ring (bicyclic) bond motifs is 1. The number of hydrogen-bond acceptors (Lipinski definition) is 5. The van der Waals surface area contributed by atoms with Gasteiger partial charge in [-0.15, -0.1) is 10.2 Å². The van der Waals surface area contributed by atoms with Crippen molar-refractivity contribution in [3.05, 3.63) is 83.9 Å². The summed E-state index contributed by atoms with van der Waals surface area (Å²) in [6.45, 7) is 5.91. The highest BCUT2D eigenvalue weighted by atomic mass is 32.2. The van der Waals surface area contributed by atoms with E-state index in [9.17, 15) is 9.59 Å². The Kier molecular flexibility index (Phi) is 6.13. The molecule has 0 radical (unpaired) electrons. The molecule has 2 heterocycles. The summed E-state index contributed by atoms with van der Waals surface area (Å²) in [5, 5.41) is 11.9. The quantitative estimate of drug-likeness (QED) is 0.403. The van der Waals surface area contributed by atoms with Crippen LogP contribution in [-0.2, 0) is 9.59 Å². The predicted molar refractivity (Wildman–Crippen MR) is 139 cm³/mol. The minimum absolute atomic E-state index is 0.0139. The molecule has 1 N–H and O–H groups in total. The highest BCUT2D eigenvalue weighted by molar-refractivity contribution is 8.00. The van der Waals surface area contributed by atoms with Crippen LogP contribution in [0.1, 0.15) is 18.1 Å². The molecule has 1 atom stereocenters. The van der Waals surface area contributed by atoms with Crippen LogP contribution in [0.2, 0.25) is 0 Å². The largest absolute Gasteiger partial charge is 0.323 e. The van der Waals surface area contributed by atoms with Crippen molar-refractivity contribution in [1.82, 2.24) is 14.8 Å². The van der Waals surface area contributed by atoms with E-state index in [1.165, 1.54) is 11.8 Å². The van der Waals surface area contributed by atoms with Gasteiger partial charge in [-0.2, -0.15) is 0 Å². The predicted octanol–water partition coefficient (Wildman–Crippen LogP) is 5.02. The Labute approximate surface area is 208 Å². The molecule has 3 aromatic carbocycles. The van der Waals surface area contributed by atoms with E-state index < -0.39 is 5.25 Å². The van der Waals surface area contributed by atoms with E-state index in [1.54, 1.807) is 11.0 Å². The molecule has 176 valence electrons. The molecule has 2 amide bonds. The molecule has 35 heavy (non-hydrogen) atoms. The van der Waals surface area contributed by atoms with Crippen molar-refractivity contribution in [1.29, 1.82) is 0 Å². The van der Waals surface area contributed by atoms with Gasteiger partial charge in [-0.05, 0) is 45.0 Å². The molecule has 5 rings (SSSR count). The molecular formula is C27H25N5O2S. The lowest BCUT2D eigenvalue weighted by atomic mass is 10.1. The summed E-state index contributed by atoms with van der Waals surface area (Å²) in [5.74, 6) is 0.338. The first-order chi connectivity index (χ1) is 16.9. The number of hydrogen-bond donors (Lipinski definition) is 1. The zero-order valence-corrected chi connectivity index (χ0v) is 20.5. The van der Waals surface area contributed by atoms with Crippen molar-refractivity contribution >= 4 is 35.0 Å². The van der Waals surface area contributed by atoms with Crippen LogP contribution in [0.5, 0.6) is 0 Å². The Morgan fingerprint density at radius 2 is 1.60 bits per heavy atom. The van der Waals surface area contributed by atoms with Gasteiger partial charge in [0.25, 0.3) is 0 Å². The molecule has 0 aliphatic carbocycles. The van der Waals surface area contributed by atoms with Gasteiger partial charge in [0.05, 0.1) is 16.6 Å². The number of carbonyl (C=O) groups excluding carboxylic acids is 2. The molecule has 0 fully saturated rings. The van der Waals surface area contributed by atoms with Crippen LogP contribution in [0.25, 0.3) is 17.1 Å². The third kappa shape index (κ3) is 4.57. The molecule has 0 saturated carbocycles. The van der Waals surface area contributed by atoms with Gasteiger partial charge in [0.1, 0.15) is 6.54 Å². The summed E-state index contributed by atoms with van der Waals surface area (Å²) < 4.78 is 1.98. The highest BCUT2D eigenvalue weighted by Crippen LogP contribution is 2.34. The lowest BCUT2D eigenvalue weighted by Crippen LogP contribution is -2.45. The minimum atomic E-state index is -0.492. The van der Waals surface area contributed by atoms with E-state index in [-0.39, 0.29) is 18.4 Å². The number of aromatic nitrogens is 3. The van der Waals surface area contributed by atoms with Crippen LogP contribution in [0.4, 0.5) is 11.4 Å². The van der Waals surface area contributed by atoms with Crippen LogP contribution < -0.4 is 10.2 Å². The number of nitrogens with zero attached hydrogens (tertiary/aromatic N) is 4.